The van der Waals surface area contributed by atoms with Gasteiger partial charge in [-0.1, -0.05) is 18.2 Å². The summed E-state index contributed by atoms with van der Waals surface area (Å²) in [5.41, 5.74) is 1.04. The Morgan fingerprint density at radius 1 is 1.22 bits per heavy atom. The van der Waals surface area contributed by atoms with E-state index < -0.39 is 24.5 Å². The molecule has 27 heavy (non-hydrogen) atoms. The Bertz CT molecular complexity index is 932. The number of furan rings is 1. The minimum Gasteiger partial charge on any atom is -0.466 e. The second-order valence-corrected chi connectivity index (χ2v) is 6.95. The maximum atomic E-state index is 13.2. The van der Waals surface area contributed by atoms with Crippen LogP contribution in [0.15, 0.2) is 52.3 Å². The molecule has 0 fully saturated rings. The first-order valence-corrected chi connectivity index (χ1v) is 9.14. The number of ether oxygens (including phenoxy) is 1. The summed E-state index contributed by atoms with van der Waals surface area (Å²) in [7, 11) is 0. The molecule has 2 heterocycles. The van der Waals surface area contributed by atoms with E-state index in [1.807, 2.05) is 17.5 Å². The molecule has 0 spiro atoms. The first-order valence-electron chi connectivity index (χ1n) is 8.26. The first-order chi connectivity index (χ1) is 12.9. The molecular weight excluding hydrogens is 369 g/mol. The van der Waals surface area contributed by atoms with Crippen LogP contribution in [0.4, 0.5) is 4.39 Å². The van der Waals surface area contributed by atoms with E-state index in [1.165, 1.54) is 23.5 Å². The Kier molecular flexibility index (Phi) is 5.71. The third-order valence-electron chi connectivity index (χ3n) is 3.93. The Hall–Kier alpha value is -2.93. The summed E-state index contributed by atoms with van der Waals surface area (Å²) in [5, 5.41) is 4.72. The second-order valence-electron chi connectivity index (χ2n) is 5.97. The van der Waals surface area contributed by atoms with Crippen molar-refractivity contribution in [2.75, 3.05) is 6.61 Å². The molecule has 7 heteroatoms. The third kappa shape index (κ3) is 4.62. The number of rotatable bonds is 6. The number of amides is 1. The van der Waals surface area contributed by atoms with Crippen molar-refractivity contribution in [2.24, 2.45) is 0 Å². The average Bonchev–Trinajstić information content (AvgIpc) is 3.28. The highest BCUT2D eigenvalue weighted by atomic mass is 32.1. The average molecular weight is 387 g/mol. The quantitative estimate of drug-likeness (QED) is 0.645. The zero-order valence-electron chi connectivity index (χ0n) is 14.8. The molecule has 2 aromatic heterocycles. The second kappa shape index (κ2) is 8.18. The number of carbonyl (C=O) groups is 2. The fourth-order valence-corrected chi connectivity index (χ4v) is 3.48. The predicted octanol–water partition coefficient (Wildman–Crippen LogP) is 4.16. The number of esters is 1. The van der Waals surface area contributed by atoms with Gasteiger partial charge in [-0.15, -0.1) is 11.3 Å². The van der Waals surface area contributed by atoms with Gasteiger partial charge >= 0.3 is 5.97 Å². The standard InChI is InChI=1S/C20H18FNO4S/c1-12-10-16(13(2)26-12)20(24)25-11-18(23)22-19(17-4-3-9-27-17)14-5-7-15(21)8-6-14/h3-10,19H,11H2,1-2H3,(H,22,23)/t19-/m1/s1. The summed E-state index contributed by atoms with van der Waals surface area (Å²) in [5.74, 6) is -0.383. The van der Waals surface area contributed by atoms with Gasteiger partial charge < -0.3 is 14.5 Å². The molecule has 1 aromatic carbocycles. The van der Waals surface area contributed by atoms with Crippen LogP contribution in [0, 0.1) is 19.7 Å². The largest absolute Gasteiger partial charge is 0.466 e. The fourth-order valence-electron chi connectivity index (χ4n) is 2.67. The minimum atomic E-state index is -0.617. The van der Waals surface area contributed by atoms with Crippen molar-refractivity contribution in [3.8, 4) is 0 Å². The van der Waals surface area contributed by atoms with E-state index in [0.717, 1.165) is 10.4 Å². The molecule has 3 rings (SSSR count). The smallest absolute Gasteiger partial charge is 0.342 e. The molecule has 0 radical (unpaired) electrons. The molecule has 0 aliphatic heterocycles. The number of hydrogen-bond donors (Lipinski definition) is 1. The lowest BCUT2D eigenvalue weighted by Crippen LogP contribution is -2.32. The Morgan fingerprint density at radius 2 is 1.96 bits per heavy atom. The lowest BCUT2D eigenvalue weighted by Gasteiger charge is -2.18. The molecule has 0 unspecified atom stereocenters. The van der Waals surface area contributed by atoms with Crippen LogP contribution in [0.5, 0.6) is 0 Å². The van der Waals surface area contributed by atoms with Crippen LogP contribution >= 0.6 is 11.3 Å². The molecule has 5 nitrogen and oxygen atoms in total. The molecule has 140 valence electrons. The van der Waals surface area contributed by atoms with Crippen LogP contribution in [-0.4, -0.2) is 18.5 Å². The van der Waals surface area contributed by atoms with Crippen molar-refractivity contribution >= 4 is 23.2 Å². The minimum absolute atomic E-state index is 0.300. The van der Waals surface area contributed by atoms with Gasteiger partial charge in [0.25, 0.3) is 5.91 Å². The number of benzene rings is 1. The van der Waals surface area contributed by atoms with E-state index >= 15 is 0 Å². The number of nitrogens with one attached hydrogen (secondary N) is 1. The van der Waals surface area contributed by atoms with Gasteiger partial charge in [0.2, 0.25) is 0 Å². The molecule has 0 bridgehead atoms. The van der Waals surface area contributed by atoms with Gasteiger partial charge in [0.15, 0.2) is 6.61 Å². The van der Waals surface area contributed by atoms with Gasteiger partial charge in [0.05, 0.1) is 6.04 Å². The highest BCUT2D eigenvalue weighted by Gasteiger charge is 2.20. The van der Waals surface area contributed by atoms with Crippen LogP contribution in [0.25, 0.3) is 0 Å². The molecule has 3 aromatic rings. The number of halogens is 1. The van der Waals surface area contributed by atoms with Gasteiger partial charge in [0.1, 0.15) is 22.9 Å². The Balaban J connectivity index is 1.67. The zero-order chi connectivity index (χ0) is 19.4. The maximum absolute atomic E-state index is 13.2. The third-order valence-corrected chi connectivity index (χ3v) is 4.87. The number of carbonyl (C=O) groups excluding carboxylic acids is 2. The molecule has 0 saturated carbocycles. The van der Waals surface area contributed by atoms with E-state index in [9.17, 15) is 14.0 Å². The summed E-state index contributed by atoms with van der Waals surface area (Å²) in [4.78, 5) is 25.3. The summed E-state index contributed by atoms with van der Waals surface area (Å²) in [6, 6.07) is 10.8. The van der Waals surface area contributed by atoms with E-state index in [2.05, 4.69) is 5.32 Å². The van der Waals surface area contributed by atoms with Crippen molar-refractivity contribution in [1.29, 1.82) is 0 Å². The lowest BCUT2D eigenvalue weighted by atomic mass is 10.1. The van der Waals surface area contributed by atoms with Crippen molar-refractivity contribution in [3.63, 3.8) is 0 Å². The van der Waals surface area contributed by atoms with E-state index in [1.54, 1.807) is 32.0 Å². The van der Waals surface area contributed by atoms with Crippen molar-refractivity contribution < 1.29 is 23.1 Å². The summed E-state index contributed by atoms with van der Waals surface area (Å²) in [6.45, 7) is 2.96. The molecular formula is C20H18FNO4S. The van der Waals surface area contributed by atoms with Crippen LogP contribution < -0.4 is 5.32 Å². The number of aryl methyl sites for hydroxylation is 2. The van der Waals surface area contributed by atoms with Crippen molar-refractivity contribution in [1.82, 2.24) is 5.32 Å². The Morgan fingerprint density at radius 3 is 2.56 bits per heavy atom. The maximum Gasteiger partial charge on any atom is 0.342 e. The van der Waals surface area contributed by atoms with Gasteiger partial charge in [0, 0.05) is 4.88 Å². The lowest BCUT2D eigenvalue weighted by molar-refractivity contribution is -0.124. The van der Waals surface area contributed by atoms with Gasteiger partial charge in [-0.2, -0.15) is 0 Å². The zero-order valence-corrected chi connectivity index (χ0v) is 15.6. The fraction of sp³-hybridized carbons (Fsp3) is 0.200. The number of hydrogen-bond acceptors (Lipinski definition) is 5. The molecule has 1 amide bonds. The highest BCUT2D eigenvalue weighted by molar-refractivity contribution is 7.10. The van der Waals surface area contributed by atoms with Crippen molar-refractivity contribution in [3.05, 3.63) is 81.2 Å². The summed E-state index contributed by atoms with van der Waals surface area (Å²) < 4.78 is 23.6. The summed E-state index contributed by atoms with van der Waals surface area (Å²) in [6.07, 6.45) is 0. The van der Waals surface area contributed by atoms with E-state index in [4.69, 9.17) is 9.15 Å². The topological polar surface area (TPSA) is 68.5 Å². The van der Waals surface area contributed by atoms with Gasteiger partial charge in [-0.25, -0.2) is 9.18 Å². The predicted molar refractivity (Wildman–Crippen MR) is 99.2 cm³/mol. The van der Waals surface area contributed by atoms with Gasteiger partial charge in [-0.3, -0.25) is 4.79 Å². The normalized spacial score (nSPS) is 11.8. The molecule has 1 N–H and O–H groups in total. The van der Waals surface area contributed by atoms with E-state index in [-0.39, 0.29) is 5.82 Å². The van der Waals surface area contributed by atoms with Gasteiger partial charge in [-0.05, 0) is 49.1 Å². The van der Waals surface area contributed by atoms with Crippen molar-refractivity contribution in [2.45, 2.75) is 19.9 Å². The molecule has 0 aliphatic carbocycles. The van der Waals surface area contributed by atoms with E-state index in [0.29, 0.717) is 17.1 Å². The molecule has 0 saturated heterocycles. The van der Waals surface area contributed by atoms with Crippen LogP contribution in [0.2, 0.25) is 0 Å². The van der Waals surface area contributed by atoms with Crippen LogP contribution in [0.3, 0.4) is 0 Å². The first kappa shape index (κ1) is 18.8. The molecule has 1 atom stereocenters. The Labute approximate surface area is 159 Å². The van der Waals surface area contributed by atoms with Crippen LogP contribution in [0.1, 0.15) is 38.4 Å². The molecule has 0 aliphatic rings. The summed E-state index contributed by atoms with van der Waals surface area (Å²) >= 11 is 1.47. The number of thiophene rings is 1. The monoisotopic (exact) mass is 387 g/mol. The SMILES string of the molecule is Cc1cc(C(=O)OCC(=O)N[C@H](c2ccc(F)cc2)c2cccs2)c(C)o1. The van der Waals surface area contributed by atoms with Crippen LogP contribution in [-0.2, 0) is 9.53 Å². The highest BCUT2D eigenvalue weighted by Crippen LogP contribution is 2.26.